The van der Waals surface area contributed by atoms with Crippen molar-refractivity contribution in [3.8, 4) is 0 Å². The number of phosphoric acid groups is 1. The van der Waals surface area contributed by atoms with Gasteiger partial charge in [0.15, 0.2) is 6.10 Å². The number of ether oxygens (including phenoxy) is 2. The second-order valence-corrected chi connectivity index (χ2v) is 24.2. The number of nitrogens with zero attached hydrogens (tertiary/aromatic N) is 1. The van der Waals surface area contributed by atoms with Gasteiger partial charge in [0.25, 0.3) is 0 Å². The van der Waals surface area contributed by atoms with Crippen LogP contribution in [0.2, 0.25) is 0 Å². The molecule has 0 saturated heterocycles. The van der Waals surface area contributed by atoms with E-state index in [9.17, 15) is 19.0 Å². The third-order valence-electron chi connectivity index (χ3n) is 14.0. The van der Waals surface area contributed by atoms with Crippen molar-refractivity contribution in [1.29, 1.82) is 0 Å². The molecular weight excluding hydrogens is 966 g/mol. The van der Waals surface area contributed by atoms with Crippen LogP contribution in [0.15, 0.2) is 60.8 Å². The van der Waals surface area contributed by atoms with Crippen molar-refractivity contribution >= 4 is 19.8 Å². The highest BCUT2D eigenvalue weighted by atomic mass is 31.2. The fourth-order valence-corrected chi connectivity index (χ4v) is 9.86. The van der Waals surface area contributed by atoms with Gasteiger partial charge in [-0.05, 0) is 77.0 Å². The summed E-state index contributed by atoms with van der Waals surface area (Å²) in [6.07, 6.45) is 74.9. The highest BCUT2D eigenvalue weighted by molar-refractivity contribution is 7.47. The molecule has 2 unspecified atom stereocenters. The molecule has 0 radical (unpaired) electrons. The summed E-state index contributed by atoms with van der Waals surface area (Å²) >= 11 is 0. The number of rotatable bonds is 59. The maximum atomic E-state index is 12.8. The highest BCUT2D eigenvalue weighted by Crippen LogP contribution is 2.43. The third kappa shape index (κ3) is 60.9. The van der Waals surface area contributed by atoms with E-state index in [-0.39, 0.29) is 32.0 Å². The number of likely N-dealkylation sites (N-methyl/N-ethyl adjacent to an activating group) is 1. The van der Waals surface area contributed by atoms with Crippen LogP contribution in [0.5, 0.6) is 0 Å². The molecule has 0 fully saturated rings. The molecule has 0 aliphatic carbocycles. The Morgan fingerprint density at radius 2 is 0.750 bits per heavy atom. The SMILES string of the molecule is CC/C=C\C/C=C\C/C=C\C/C=C\CCCCC(=O)OC(COC(=O)CCCCCCCCCCCCCCCCCCCCCCCCCCC/C=C\CCCCCCCCCC)COP(=O)(O)OCC[N+](C)(C)C. The molecule has 0 heterocycles. The predicted octanol–water partition coefficient (Wildman–Crippen LogP) is 20.3. The lowest BCUT2D eigenvalue weighted by atomic mass is 10.0. The van der Waals surface area contributed by atoms with E-state index in [4.69, 9.17) is 18.5 Å². The lowest BCUT2D eigenvalue weighted by Gasteiger charge is -2.24. The number of esters is 2. The van der Waals surface area contributed by atoms with E-state index in [1.165, 1.54) is 205 Å². The molecule has 0 saturated carbocycles. The van der Waals surface area contributed by atoms with E-state index < -0.39 is 26.5 Å². The summed E-state index contributed by atoms with van der Waals surface area (Å²) in [4.78, 5) is 35.6. The molecule has 10 heteroatoms. The number of carbonyl (C=O) groups excluding carboxylic acids is 2. The molecule has 0 aliphatic rings. The molecule has 9 nitrogen and oxygen atoms in total. The summed E-state index contributed by atoms with van der Waals surface area (Å²) in [5, 5.41) is 0. The lowest BCUT2D eigenvalue weighted by molar-refractivity contribution is -0.870. The fraction of sp³-hybridized carbons (Fsp3) is 0.818. The Bertz CT molecular complexity index is 1470. The maximum Gasteiger partial charge on any atom is 0.472 e. The molecule has 0 aliphatic heterocycles. The minimum Gasteiger partial charge on any atom is -0.462 e. The zero-order valence-corrected chi connectivity index (χ0v) is 51.4. The van der Waals surface area contributed by atoms with Crippen molar-refractivity contribution in [2.45, 2.75) is 302 Å². The van der Waals surface area contributed by atoms with Crippen LogP contribution < -0.4 is 0 Å². The Morgan fingerprint density at radius 3 is 1.16 bits per heavy atom. The summed E-state index contributed by atoms with van der Waals surface area (Å²) in [5.74, 6) is -0.838. The Labute approximate surface area is 470 Å². The van der Waals surface area contributed by atoms with Crippen molar-refractivity contribution in [2.24, 2.45) is 0 Å². The number of hydrogen-bond donors (Lipinski definition) is 1. The summed E-state index contributed by atoms with van der Waals surface area (Å²) in [5.41, 5.74) is 0. The smallest absolute Gasteiger partial charge is 0.462 e. The molecule has 1 N–H and O–H groups in total. The van der Waals surface area contributed by atoms with Crippen LogP contribution in [0.25, 0.3) is 0 Å². The molecule has 0 bridgehead atoms. The molecule has 0 rings (SSSR count). The van der Waals surface area contributed by atoms with E-state index >= 15 is 0 Å². The Balaban J connectivity index is 3.92. The largest absolute Gasteiger partial charge is 0.472 e. The average Bonchev–Trinajstić information content (AvgIpc) is 3.38. The van der Waals surface area contributed by atoms with Gasteiger partial charge in [0.05, 0.1) is 27.7 Å². The van der Waals surface area contributed by atoms with Crippen LogP contribution in [0.3, 0.4) is 0 Å². The normalized spacial score (nSPS) is 13.6. The van der Waals surface area contributed by atoms with Gasteiger partial charge in [-0.1, -0.05) is 267 Å². The van der Waals surface area contributed by atoms with Gasteiger partial charge < -0.3 is 18.9 Å². The predicted molar refractivity (Wildman–Crippen MR) is 326 cm³/mol. The highest BCUT2D eigenvalue weighted by Gasteiger charge is 2.27. The molecule has 0 spiro atoms. The van der Waals surface area contributed by atoms with E-state index in [2.05, 4.69) is 74.6 Å². The van der Waals surface area contributed by atoms with Gasteiger partial charge in [-0.3, -0.25) is 18.6 Å². The first kappa shape index (κ1) is 73.7. The quantitative estimate of drug-likeness (QED) is 0.0211. The molecule has 0 aromatic carbocycles. The second-order valence-electron chi connectivity index (χ2n) is 22.8. The number of allylic oxidation sites excluding steroid dienone is 10. The Morgan fingerprint density at radius 1 is 0.421 bits per heavy atom. The number of unbranched alkanes of at least 4 members (excludes halogenated alkanes) is 35. The zero-order valence-electron chi connectivity index (χ0n) is 50.5. The number of quaternary nitrogens is 1. The van der Waals surface area contributed by atoms with Crippen LogP contribution in [0, 0.1) is 0 Å². The molecule has 0 aromatic heterocycles. The van der Waals surface area contributed by atoms with Crippen molar-refractivity contribution in [2.75, 3.05) is 47.5 Å². The summed E-state index contributed by atoms with van der Waals surface area (Å²) < 4.78 is 34.5. The molecule has 2 atom stereocenters. The standard InChI is InChI=1S/C66H122NO8P/c1-6-8-10-12-14-16-18-20-22-23-24-25-26-27-28-29-30-31-32-33-34-35-36-37-38-39-40-41-42-43-45-46-48-50-52-54-56-58-65(68)72-62-64(63-74-76(70,71)73-61-60-67(3,4)5)75-66(69)59-57-55-53-51-49-47-44-21-19-17-15-13-11-9-7-2/h9,11,15,17,21,23-24,44,49,51,64H,6-8,10,12-14,16,18-20,22,25-43,45-48,50,52-63H2,1-5H3/p+1/b11-9-,17-15-,24-23-,44-21-,51-49-. The van der Waals surface area contributed by atoms with E-state index in [1.54, 1.807) is 0 Å². The van der Waals surface area contributed by atoms with Crippen molar-refractivity contribution in [1.82, 2.24) is 0 Å². The molecule has 0 aromatic rings. The van der Waals surface area contributed by atoms with Crippen LogP contribution in [0.1, 0.15) is 296 Å². The van der Waals surface area contributed by atoms with Gasteiger partial charge in [-0.15, -0.1) is 0 Å². The van der Waals surface area contributed by atoms with Crippen LogP contribution >= 0.6 is 7.82 Å². The Hall–Kier alpha value is -2.29. The van der Waals surface area contributed by atoms with E-state index in [1.807, 2.05) is 21.1 Å². The summed E-state index contributed by atoms with van der Waals surface area (Å²) in [7, 11) is 1.45. The minimum atomic E-state index is -4.40. The van der Waals surface area contributed by atoms with Crippen LogP contribution in [0.4, 0.5) is 0 Å². The monoisotopic (exact) mass is 1090 g/mol. The summed E-state index contributed by atoms with van der Waals surface area (Å²) in [6.45, 7) is 4.29. The lowest BCUT2D eigenvalue weighted by Crippen LogP contribution is -2.37. The second kappa shape index (κ2) is 57.4. The van der Waals surface area contributed by atoms with Gasteiger partial charge in [0, 0.05) is 12.8 Å². The van der Waals surface area contributed by atoms with Gasteiger partial charge >= 0.3 is 19.8 Å². The first-order valence-electron chi connectivity index (χ1n) is 32.0. The molecule has 76 heavy (non-hydrogen) atoms. The first-order valence-corrected chi connectivity index (χ1v) is 33.5. The number of carbonyl (C=O) groups is 2. The van der Waals surface area contributed by atoms with Gasteiger partial charge in [0.1, 0.15) is 19.8 Å². The molecular formula is C66H123NO8P+. The molecule has 0 amide bonds. The van der Waals surface area contributed by atoms with Crippen LogP contribution in [-0.4, -0.2) is 74.9 Å². The van der Waals surface area contributed by atoms with Gasteiger partial charge in [-0.2, -0.15) is 0 Å². The van der Waals surface area contributed by atoms with Crippen molar-refractivity contribution in [3.63, 3.8) is 0 Å². The first-order chi connectivity index (χ1) is 37.0. The van der Waals surface area contributed by atoms with Crippen molar-refractivity contribution < 1.29 is 42.1 Å². The Kier molecular flexibility index (Phi) is 55.7. The van der Waals surface area contributed by atoms with Crippen molar-refractivity contribution in [3.05, 3.63) is 60.8 Å². The van der Waals surface area contributed by atoms with E-state index in [0.717, 1.165) is 57.8 Å². The van der Waals surface area contributed by atoms with Crippen LogP contribution in [-0.2, 0) is 32.7 Å². The van der Waals surface area contributed by atoms with E-state index in [0.29, 0.717) is 17.4 Å². The number of phosphoric ester groups is 1. The topological polar surface area (TPSA) is 108 Å². The number of hydrogen-bond acceptors (Lipinski definition) is 7. The average molecular weight is 1090 g/mol. The summed E-state index contributed by atoms with van der Waals surface area (Å²) in [6, 6.07) is 0. The third-order valence-corrected chi connectivity index (χ3v) is 15.0. The van der Waals surface area contributed by atoms with Gasteiger partial charge in [0.2, 0.25) is 0 Å². The maximum absolute atomic E-state index is 12.8. The molecule has 444 valence electrons. The minimum absolute atomic E-state index is 0.0229. The fourth-order valence-electron chi connectivity index (χ4n) is 9.12. The van der Waals surface area contributed by atoms with Gasteiger partial charge in [-0.25, -0.2) is 4.57 Å². The zero-order chi connectivity index (χ0) is 55.6.